The summed E-state index contributed by atoms with van der Waals surface area (Å²) in [5.41, 5.74) is 5.60. The highest BCUT2D eigenvalue weighted by atomic mass is 35.5. The maximum Gasteiger partial charge on any atom is 0.252 e. The van der Waals surface area contributed by atoms with E-state index < -0.39 is 0 Å². The second kappa shape index (κ2) is 11.0. The van der Waals surface area contributed by atoms with E-state index in [-0.39, 0.29) is 23.4 Å². The van der Waals surface area contributed by atoms with E-state index in [2.05, 4.69) is 30.8 Å². The molecular weight excluding hydrogens is 556 g/mol. The molecule has 0 saturated carbocycles. The number of anilines is 1. The van der Waals surface area contributed by atoms with Gasteiger partial charge in [0.15, 0.2) is 0 Å². The number of nitrogens with one attached hydrogen (secondary N) is 2. The van der Waals surface area contributed by atoms with E-state index in [4.69, 9.17) is 16.3 Å². The van der Waals surface area contributed by atoms with Crippen molar-refractivity contribution in [3.8, 4) is 28.1 Å². The Kier molecular flexibility index (Phi) is 6.88. The van der Waals surface area contributed by atoms with Gasteiger partial charge in [0.2, 0.25) is 5.91 Å². The number of pyridine rings is 1. The fourth-order valence-electron chi connectivity index (χ4n) is 5.81. The molecule has 11 nitrogen and oxygen atoms in total. The molecule has 1 amide bonds. The van der Waals surface area contributed by atoms with E-state index in [1.165, 1.54) is 6.33 Å². The normalized spacial score (nSPS) is 16.8. The van der Waals surface area contributed by atoms with Crippen LogP contribution in [0.15, 0.2) is 71.9 Å². The Morgan fingerprint density at radius 2 is 1.86 bits per heavy atom. The Hall–Kier alpha value is -4.61. The van der Waals surface area contributed by atoms with Gasteiger partial charge in [-0.2, -0.15) is 4.68 Å². The molecule has 2 N–H and O–H groups in total. The third-order valence-electron chi connectivity index (χ3n) is 7.97. The third-order valence-corrected chi connectivity index (χ3v) is 8.20. The van der Waals surface area contributed by atoms with Gasteiger partial charge in [-0.15, -0.1) is 5.10 Å². The predicted molar refractivity (Wildman–Crippen MR) is 157 cm³/mol. The molecule has 212 valence electrons. The zero-order chi connectivity index (χ0) is 28.6. The Bertz CT molecular complexity index is 1810. The lowest BCUT2D eigenvalue weighted by Crippen LogP contribution is -2.28. The van der Waals surface area contributed by atoms with Crippen molar-refractivity contribution in [2.75, 3.05) is 18.5 Å². The molecule has 1 fully saturated rings. The van der Waals surface area contributed by atoms with Crippen LogP contribution in [0.4, 0.5) is 5.69 Å². The number of imidazole rings is 1. The molecule has 1 atom stereocenters. The molecule has 7 rings (SSSR count). The summed E-state index contributed by atoms with van der Waals surface area (Å²) < 4.78 is 8.71. The number of fused-ring (bicyclic) bond motifs is 1. The van der Waals surface area contributed by atoms with E-state index in [1.54, 1.807) is 23.0 Å². The summed E-state index contributed by atoms with van der Waals surface area (Å²) in [5.74, 6) is 0.749. The maximum absolute atomic E-state index is 13.5. The molecule has 42 heavy (non-hydrogen) atoms. The number of aromatic amines is 1. The number of tetrazole rings is 1. The standard InChI is InChI=1S/C30H27ClN8O3/c31-21-3-7-26(38-17-33-36-37-38)24(15-21)20-13-23-6-8-27(39(23)28(40)14-20)29-32-16-25(35-29)18-1-4-22(5-2-18)34-30(41)19-9-11-42-12-10-19/h1-5,7,13-17,19,27H,6,8-12H2,(H,32,35)(H,34,41)/t27-/m0/s1. The maximum atomic E-state index is 13.5. The summed E-state index contributed by atoms with van der Waals surface area (Å²) >= 11 is 6.32. The summed E-state index contributed by atoms with van der Waals surface area (Å²) in [4.78, 5) is 34.1. The molecule has 2 aromatic carbocycles. The van der Waals surface area contributed by atoms with Gasteiger partial charge in [-0.05, 0) is 83.6 Å². The van der Waals surface area contributed by atoms with Gasteiger partial charge in [-0.25, -0.2) is 4.98 Å². The fourth-order valence-corrected chi connectivity index (χ4v) is 5.98. The molecule has 5 aromatic rings. The second-order valence-electron chi connectivity index (χ2n) is 10.5. The van der Waals surface area contributed by atoms with Crippen molar-refractivity contribution in [3.63, 3.8) is 0 Å². The number of carbonyl (C=O) groups is 1. The number of amides is 1. The Balaban J connectivity index is 1.12. The molecule has 0 radical (unpaired) electrons. The van der Waals surface area contributed by atoms with Crippen molar-refractivity contribution in [2.24, 2.45) is 5.92 Å². The van der Waals surface area contributed by atoms with Gasteiger partial charge in [-0.3, -0.25) is 9.59 Å². The van der Waals surface area contributed by atoms with E-state index in [0.29, 0.717) is 18.2 Å². The van der Waals surface area contributed by atoms with Crippen molar-refractivity contribution in [1.82, 2.24) is 34.7 Å². The van der Waals surface area contributed by atoms with Crippen LogP contribution < -0.4 is 10.9 Å². The minimum atomic E-state index is -0.202. The number of aryl methyl sites for hydroxylation is 1. The van der Waals surface area contributed by atoms with Crippen LogP contribution in [0.5, 0.6) is 0 Å². The fraction of sp³-hybridized carbons (Fsp3) is 0.267. The van der Waals surface area contributed by atoms with Crippen LogP contribution in [0.25, 0.3) is 28.1 Å². The van der Waals surface area contributed by atoms with E-state index in [1.807, 2.05) is 47.0 Å². The van der Waals surface area contributed by atoms with Crippen molar-refractivity contribution in [1.29, 1.82) is 0 Å². The smallest absolute Gasteiger partial charge is 0.252 e. The van der Waals surface area contributed by atoms with E-state index >= 15 is 0 Å². The highest BCUT2D eigenvalue weighted by Crippen LogP contribution is 2.34. The molecule has 0 aliphatic carbocycles. The monoisotopic (exact) mass is 582 g/mol. The Morgan fingerprint density at radius 1 is 1.02 bits per heavy atom. The highest BCUT2D eigenvalue weighted by Gasteiger charge is 2.28. The average Bonchev–Trinajstić information content (AvgIpc) is 3.79. The first-order chi connectivity index (χ1) is 20.5. The topological polar surface area (TPSA) is 133 Å². The molecule has 0 unspecified atom stereocenters. The highest BCUT2D eigenvalue weighted by molar-refractivity contribution is 6.31. The summed E-state index contributed by atoms with van der Waals surface area (Å²) in [6, 6.07) is 16.5. The van der Waals surface area contributed by atoms with Crippen molar-refractivity contribution in [2.45, 2.75) is 31.7 Å². The van der Waals surface area contributed by atoms with Gasteiger partial charge in [-0.1, -0.05) is 23.7 Å². The molecule has 5 heterocycles. The number of carbonyl (C=O) groups excluding carboxylic acids is 1. The molecular formula is C30H27ClN8O3. The third kappa shape index (κ3) is 5.01. The van der Waals surface area contributed by atoms with Crippen LogP contribution in [0.1, 0.15) is 36.8 Å². The van der Waals surface area contributed by atoms with Gasteiger partial charge in [0.05, 0.1) is 23.6 Å². The van der Waals surface area contributed by atoms with Crippen molar-refractivity contribution in [3.05, 3.63) is 94.0 Å². The van der Waals surface area contributed by atoms with Gasteiger partial charge < -0.3 is 19.6 Å². The van der Waals surface area contributed by atoms with E-state index in [0.717, 1.165) is 71.0 Å². The summed E-state index contributed by atoms with van der Waals surface area (Å²) in [7, 11) is 0. The number of halogens is 1. The van der Waals surface area contributed by atoms with Crippen LogP contribution in [0, 0.1) is 5.92 Å². The van der Waals surface area contributed by atoms with Gasteiger partial charge in [0.1, 0.15) is 12.2 Å². The first-order valence-electron chi connectivity index (χ1n) is 13.9. The molecule has 3 aromatic heterocycles. The minimum absolute atomic E-state index is 0.0131. The summed E-state index contributed by atoms with van der Waals surface area (Å²) in [5, 5.41) is 15.0. The van der Waals surface area contributed by atoms with Gasteiger partial charge in [0, 0.05) is 47.2 Å². The average molecular weight is 583 g/mol. The SMILES string of the molecule is O=C(Nc1ccc(-c2cnc([C@@H]3CCc4cc(-c5cc(Cl)ccc5-n5cnnn5)cc(=O)n43)[nH]2)cc1)C1CCOCC1. The predicted octanol–water partition coefficient (Wildman–Crippen LogP) is 4.44. The number of hydrogen-bond donors (Lipinski definition) is 2. The number of rotatable bonds is 6. The van der Waals surface area contributed by atoms with Crippen LogP contribution >= 0.6 is 11.6 Å². The molecule has 1 saturated heterocycles. The lowest BCUT2D eigenvalue weighted by molar-refractivity contribution is -0.122. The zero-order valence-corrected chi connectivity index (χ0v) is 23.3. The number of H-pyrrole nitrogens is 1. The van der Waals surface area contributed by atoms with Crippen molar-refractivity contribution >= 4 is 23.2 Å². The quantitative estimate of drug-likeness (QED) is 0.302. The number of nitrogens with zero attached hydrogens (tertiary/aromatic N) is 6. The van der Waals surface area contributed by atoms with Crippen LogP contribution in [0.3, 0.4) is 0 Å². The molecule has 0 bridgehead atoms. The lowest BCUT2D eigenvalue weighted by atomic mass is 9.99. The number of ether oxygens (including phenoxy) is 1. The number of benzene rings is 2. The van der Waals surface area contributed by atoms with E-state index in [9.17, 15) is 9.59 Å². The molecule has 12 heteroatoms. The Morgan fingerprint density at radius 3 is 2.64 bits per heavy atom. The summed E-state index contributed by atoms with van der Waals surface area (Å²) in [6.07, 6.45) is 6.27. The van der Waals surface area contributed by atoms with Crippen LogP contribution in [-0.4, -0.2) is 53.9 Å². The molecule has 0 spiro atoms. The summed E-state index contributed by atoms with van der Waals surface area (Å²) in [6.45, 7) is 1.26. The van der Waals surface area contributed by atoms with Crippen molar-refractivity contribution < 1.29 is 9.53 Å². The van der Waals surface area contributed by atoms with Crippen LogP contribution in [0.2, 0.25) is 5.02 Å². The van der Waals surface area contributed by atoms with Crippen LogP contribution in [-0.2, 0) is 16.0 Å². The number of hydrogen-bond acceptors (Lipinski definition) is 7. The second-order valence-corrected chi connectivity index (χ2v) is 11.0. The zero-order valence-electron chi connectivity index (χ0n) is 22.5. The number of aromatic nitrogens is 7. The largest absolute Gasteiger partial charge is 0.381 e. The lowest BCUT2D eigenvalue weighted by Gasteiger charge is -2.21. The minimum Gasteiger partial charge on any atom is -0.381 e. The van der Waals surface area contributed by atoms with Gasteiger partial charge >= 0.3 is 0 Å². The molecule has 2 aliphatic heterocycles. The van der Waals surface area contributed by atoms with Gasteiger partial charge in [0.25, 0.3) is 5.56 Å². The first-order valence-corrected chi connectivity index (χ1v) is 14.2. The first kappa shape index (κ1) is 26.3. The Labute approximate surface area is 245 Å². The molecule has 2 aliphatic rings.